The second kappa shape index (κ2) is 6.08. The van der Waals surface area contributed by atoms with E-state index >= 15 is 0 Å². The first kappa shape index (κ1) is 17.5. The Morgan fingerprint density at radius 1 is 1.25 bits per heavy atom. The Morgan fingerprint density at radius 3 is 2.25 bits per heavy atom. The molecule has 4 heteroatoms. The summed E-state index contributed by atoms with van der Waals surface area (Å²) >= 11 is 1.75. The first-order valence-corrected chi connectivity index (χ1v) is 8.35. The second-order valence-corrected chi connectivity index (χ2v) is 8.91. The SMILES string of the molecule is CCC1SC(C)C(=O)C1CC(C)(C)C(=O)OC(C)(C)C. The minimum absolute atomic E-state index is 0.0254. The van der Waals surface area contributed by atoms with Gasteiger partial charge in [-0.25, -0.2) is 0 Å². The van der Waals surface area contributed by atoms with Gasteiger partial charge in [0.1, 0.15) is 11.4 Å². The Morgan fingerprint density at radius 2 is 1.80 bits per heavy atom. The maximum atomic E-state index is 12.3. The Hall–Kier alpha value is -0.510. The van der Waals surface area contributed by atoms with Crippen LogP contribution < -0.4 is 0 Å². The van der Waals surface area contributed by atoms with E-state index in [-0.39, 0.29) is 17.1 Å². The molecule has 1 rings (SSSR count). The minimum atomic E-state index is -0.619. The number of ether oxygens (including phenoxy) is 1. The zero-order chi connectivity index (χ0) is 15.7. The van der Waals surface area contributed by atoms with E-state index in [1.54, 1.807) is 11.8 Å². The quantitative estimate of drug-likeness (QED) is 0.740. The number of carbonyl (C=O) groups is 2. The summed E-state index contributed by atoms with van der Waals surface area (Å²) in [5.41, 5.74) is -1.11. The topological polar surface area (TPSA) is 43.4 Å². The third-order valence-electron chi connectivity index (χ3n) is 3.68. The number of hydrogen-bond donors (Lipinski definition) is 0. The van der Waals surface area contributed by atoms with E-state index in [1.165, 1.54) is 0 Å². The lowest BCUT2D eigenvalue weighted by atomic mass is 9.78. The highest BCUT2D eigenvalue weighted by molar-refractivity contribution is 8.01. The highest BCUT2D eigenvalue weighted by atomic mass is 32.2. The van der Waals surface area contributed by atoms with Gasteiger partial charge in [-0.2, -0.15) is 0 Å². The van der Waals surface area contributed by atoms with Crippen LogP contribution in [-0.4, -0.2) is 27.9 Å². The molecule has 1 saturated heterocycles. The zero-order valence-electron chi connectivity index (χ0n) is 13.8. The zero-order valence-corrected chi connectivity index (χ0v) is 14.6. The summed E-state index contributed by atoms with van der Waals surface area (Å²) in [6.07, 6.45) is 1.55. The molecule has 1 aliphatic heterocycles. The van der Waals surface area contributed by atoms with E-state index in [0.29, 0.717) is 17.5 Å². The van der Waals surface area contributed by atoms with Crippen molar-refractivity contribution in [2.24, 2.45) is 11.3 Å². The Balaban J connectivity index is 2.79. The monoisotopic (exact) mass is 300 g/mol. The molecule has 0 amide bonds. The molecule has 3 atom stereocenters. The van der Waals surface area contributed by atoms with Gasteiger partial charge in [0.05, 0.1) is 10.7 Å². The van der Waals surface area contributed by atoms with Crippen molar-refractivity contribution in [1.29, 1.82) is 0 Å². The van der Waals surface area contributed by atoms with Gasteiger partial charge in [-0.1, -0.05) is 6.92 Å². The lowest BCUT2D eigenvalue weighted by molar-refractivity contribution is -0.166. The van der Waals surface area contributed by atoms with Crippen LogP contribution in [0.15, 0.2) is 0 Å². The fourth-order valence-corrected chi connectivity index (χ4v) is 4.02. The van der Waals surface area contributed by atoms with E-state index in [0.717, 1.165) is 6.42 Å². The second-order valence-electron chi connectivity index (χ2n) is 7.32. The third kappa shape index (κ3) is 4.24. The first-order valence-electron chi connectivity index (χ1n) is 7.40. The van der Waals surface area contributed by atoms with Crippen LogP contribution in [0.4, 0.5) is 0 Å². The summed E-state index contributed by atoms with van der Waals surface area (Å²) in [7, 11) is 0. The average molecular weight is 300 g/mol. The predicted molar refractivity (Wildman–Crippen MR) is 83.9 cm³/mol. The molecular formula is C16H28O3S. The van der Waals surface area contributed by atoms with Crippen LogP contribution in [-0.2, 0) is 14.3 Å². The van der Waals surface area contributed by atoms with E-state index in [1.807, 2.05) is 41.5 Å². The van der Waals surface area contributed by atoms with Crippen molar-refractivity contribution in [1.82, 2.24) is 0 Å². The molecule has 0 N–H and O–H groups in total. The lowest BCUT2D eigenvalue weighted by Crippen LogP contribution is -2.37. The Bertz CT molecular complexity index is 382. The summed E-state index contributed by atoms with van der Waals surface area (Å²) < 4.78 is 5.49. The van der Waals surface area contributed by atoms with Crippen LogP contribution in [0.2, 0.25) is 0 Å². The predicted octanol–water partition coefficient (Wildman–Crippen LogP) is 3.84. The molecule has 3 unspecified atom stereocenters. The molecule has 0 aromatic rings. The van der Waals surface area contributed by atoms with Gasteiger partial charge in [-0.3, -0.25) is 9.59 Å². The van der Waals surface area contributed by atoms with Gasteiger partial charge in [0.25, 0.3) is 0 Å². The molecular weight excluding hydrogens is 272 g/mol. The molecule has 0 aromatic carbocycles. The molecule has 1 heterocycles. The van der Waals surface area contributed by atoms with E-state index in [9.17, 15) is 9.59 Å². The van der Waals surface area contributed by atoms with Crippen molar-refractivity contribution < 1.29 is 14.3 Å². The molecule has 1 aliphatic rings. The molecule has 3 nitrogen and oxygen atoms in total. The average Bonchev–Trinajstić information content (AvgIpc) is 2.54. The van der Waals surface area contributed by atoms with Crippen molar-refractivity contribution in [3.05, 3.63) is 0 Å². The van der Waals surface area contributed by atoms with Crippen molar-refractivity contribution >= 4 is 23.5 Å². The van der Waals surface area contributed by atoms with Gasteiger partial charge >= 0.3 is 5.97 Å². The largest absolute Gasteiger partial charge is 0.460 e. The molecule has 0 bridgehead atoms. The van der Waals surface area contributed by atoms with Crippen LogP contribution in [0.25, 0.3) is 0 Å². The molecule has 116 valence electrons. The molecule has 0 aromatic heterocycles. The number of thioether (sulfide) groups is 1. The van der Waals surface area contributed by atoms with Crippen molar-refractivity contribution in [3.63, 3.8) is 0 Å². The summed E-state index contributed by atoms with van der Waals surface area (Å²) in [6.45, 7) is 13.5. The van der Waals surface area contributed by atoms with Gasteiger partial charge in [0.15, 0.2) is 0 Å². The van der Waals surface area contributed by atoms with Crippen LogP contribution >= 0.6 is 11.8 Å². The standard InChI is InChI=1S/C16H28O3S/c1-8-12-11(13(17)10(2)20-12)9-16(6,7)14(18)19-15(3,4)5/h10-12H,8-9H2,1-7H3. The number of esters is 1. The summed E-state index contributed by atoms with van der Waals surface area (Å²) in [5.74, 6) is 0.0539. The highest BCUT2D eigenvalue weighted by Crippen LogP contribution is 2.43. The molecule has 1 fully saturated rings. The van der Waals surface area contributed by atoms with E-state index in [2.05, 4.69) is 6.92 Å². The van der Waals surface area contributed by atoms with Crippen LogP contribution in [0, 0.1) is 11.3 Å². The number of rotatable bonds is 4. The van der Waals surface area contributed by atoms with Crippen LogP contribution in [0.5, 0.6) is 0 Å². The first-order chi connectivity index (χ1) is 8.98. The Labute approximate surface area is 127 Å². The van der Waals surface area contributed by atoms with Crippen molar-refractivity contribution in [2.45, 2.75) is 77.4 Å². The minimum Gasteiger partial charge on any atom is -0.460 e. The number of hydrogen-bond acceptors (Lipinski definition) is 4. The third-order valence-corrected chi connectivity index (χ3v) is 5.33. The van der Waals surface area contributed by atoms with Crippen LogP contribution in [0.3, 0.4) is 0 Å². The maximum Gasteiger partial charge on any atom is 0.312 e. The van der Waals surface area contributed by atoms with Gasteiger partial charge in [0.2, 0.25) is 0 Å². The maximum absolute atomic E-state index is 12.3. The highest BCUT2D eigenvalue weighted by Gasteiger charge is 2.45. The Kier molecular flexibility index (Phi) is 5.34. The van der Waals surface area contributed by atoms with E-state index < -0.39 is 11.0 Å². The molecule has 0 spiro atoms. The smallest absolute Gasteiger partial charge is 0.312 e. The summed E-state index contributed by atoms with van der Waals surface area (Å²) in [5, 5.41) is 0.388. The molecule has 0 saturated carbocycles. The number of ketones is 1. The normalized spacial score (nSPS) is 27.8. The summed E-state index contributed by atoms with van der Waals surface area (Å²) in [4.78, 5) is 24.6. The van der Waals surface area contributed by atoms with Gasteiger partial charge in [0, 0.05) is 11.2 Å². The number of carbonyl (C=O) groups excluding carboxylic acids is 2. The fraction of sp³-hybridized carbons (Fsp3) is 0.875. The van der Waals surface area contributed by atoms with Crippen molar-refractivity contribution in [3.8, 4) is 0 Å². The number of Topliss-reactive ketones (excluding diaryl/α,β-unsaturated/α-hetero) is 1. The summed E-state index contributed by atoms with van der Waals surface area (Å²) in [6, 6.07) is 0. The van der Waals surface area contributed by atoms with Gasteiger partial charge < -0.3 is 4.74 Å². The molecule has 20 heavy (non-hydrogen) atoms. The van der Waals surface area contributed by atoms with Gasteiger partial charge in [-0.05, 0) is 54.4 Å². The van der Waals surface area contributed by atoms with Gasteiger partial charge in [-0.15, -0.1) is 11.8 Å². The van der Waals surface area contributed by atoms with Crippen molar-refractivity contribution in [2.75, 3.05) is 0 Å². The fourth-order valence-electron chi connectivity index (χ4n) is 2.57. The van der Waals surface area contributed by atoms with E-state index in [4.69, 9.17) is 4.74 Å². The lowest BCUT2D eigenvalue weighted by Gasteiger charge is -2.31. The molecule has 0 radical (unpaired) electrons. The van der Waals surface area contributed by atoms with Crippen LogP contribution in [0.1, 0.15) is 61.3 Å². The molecule has 0 aliphatic carbocycles.